The summed E-state index contributed by atoms with van der Waals surface area (Å²) in [5, 5.41) is 4.91. The number of halogens is 2. The summed E-state index contributed by atoms with van der Waals surface area (Å²) in [7, 11) is 0.403. The van der Waals surface area contributed by atoms with Crippen molar-refractivity contribution in [3.05, 3.63) is 57.6 Å². The van der Waals surface area contributed by atoms with Gasteiger partial charge in [0.05, 0.1) is 30.3 Å². The zero-order valence-electron chi connectivity index (χ0n) is 35.2. The molecular formula is C41H56BClFN3O10. The fourth-order valence-electron chi connectivity index (χ4n) is 8.11. The number of para-hydroxylation sites is 1. The summed E-state index contributed by atoms with van der Waals surface area (Å²) < 4.78 is 51.8. The van der Waals surface area contributed by atoms with Crippen molar-refractivity contribution >= 4 is 42.7 Å². The van der Waals surface area contributed by atoms with Crippen molar-refractivity contribution in [2.45, 2.75) is 143 Å². The number of methoxy groups -OCH3 is 1. The Morgan fingerprint density at radius 1 is 0.930 bits per heavy atom. The van der Waals surface area contributed by atoms with Crippen molar-refractivity contribution in [3.63, 3.8) is 0 Å². The third-order valence-corrected chi connectivity index (χ3v) is 11.0. The molecule has 1 aromatic carbocycles. The summed E-state index contributed by atoms with van der Waals surface area (Å²) in [6, 6.07) is 3.97. The Morgan fingerprint density at radius 3 is 2.09 bits per heavy atom. The van der Waals surface area contributed by atoms with Crippen molar-refractivity contribution < 1.29 is 51.8 Å². The number of amides is 2. The lowest BCUT2D eigenvalue weighted by atomic mass is 9.43. The van der Waals surface area contributed by atoms with Gasteiger partial charge in [0.25, 0.3) is 0 Å². The second kappa shape index (κ2) is 15.7. The highest BCUT2D eigenvalue weighted by Crippen LogP contribution is 2.65. The molecule has 4 fully saturated rings. The average molecular weight is 816 g/mol. The number of pyridine rings is 1. The van der Waals surface area contributed by atoms with Crippen LogP contribution in [0.1, 0.15) is 134 Å². The molecule has 4 aliphatic rings. The van der Waals surface area contributed by atoms with Crippen molar-refractivity contribution in [3.8, 4) is 5.75 Å². The molecule has 2 unspecified atom stereocenters. The molecule has 16 heteroatoms. The normalized spacial score (nSPS) is 23.6. The number of carbonyl (C=O) groups excluding carboxylic acids is 4. The predicted molar refractivity (Wildman–Crippen MR) is 210 cm³/mol. The lowest BCUT2D eigenvalue weighted by molar-refractivity contribution is -0.199. The van der Waals surface area contributed by atoms with Gasteiger partial charge in [0.2, 0.25) is 5.91 Å². The van der Waals surface area contributed by atoms with Crippen LogP contribution in [0.4, 0.5) is 9.18 Å². The fourth-order valence-corrected chi connectivity index (χ4v) is 8.33. The molecule has 2 amide bonds. The summed E-state index contributed by atoms with van der Waals surface area (Å²) in [5.74, 6) is -3.73. The van der Waals surface area contributed by atoms with Crippen LogP contribution in [0.15, 0.2) is 24.3 Å². The minimum atomic E-state index is -1.83. The van der Waals surface area contributed by atoms with Gasteiger partial charge >= 0.3 is 25.2 Å². The Balaban J connectivity index is 1.55. The highest BCUT2D eigenvalue weighted by atomic mass is 35.5. The van der Waals surface area contributed by atoms with Gasteiger partial charge in [-0.05, 0) is 123 Å². The van der Waals surface area contributed by atoms with Gasteiger partial charge in [-0.2, -0.15) is 0 Å². The lowest BCUT2D eigenvalue weighted by Crippen LogP contribution is -2.65. The smallest absolute Gasteiger partial charge is 0.482 e. The maximum atomic E-state index is 16.1. The molecule has 57 heavy (non-hydrogen) atoms. The number of nitrogens with zero attached hydrogens (tertiary/aromatic N) is 1. The second-order valence-electron chi connectivity index (χ2n) is 18.9. The quantitative estimate of drug-likeness (QED) is 0.107. The molecule has 2 heterocycles. The number of alkyl carbamates (subject to hydrolysis) is 1. The second-order valence-corrected chi connectivity index (χ2v) is 19.3. The minimum absolute atomic E-state index is 0.00388. The molecule has 0 radical (unpaired) electrons. The Kier molecular flexibility index (Phi) is 12.1. The van der Waals surface area contributed by atoms with Crippen molar-refractivity contribution in [2.24, 2.45) is 17.3 Å². The third kappa shape index (κ3) is 9.68. The molecule has 1 saturated heterocycles. The average Bonchev–Trinajstić information content (AvgIpc) is 3.42. The molecule has 13 nitrogen and oxygen atoms in total. The van der Waals surface area contributed by atoms with Crippen LogP contribution < -0.4 is 15.4 Å². The molecular weight excluding hydrogens is 760 g/mol. The van der Waals surface area contributed by atoms with Gasteiger partial charge in [0.1, 0.15) is 44.8 Å². The van der Waals surface area contributed by atoms with Gasteiger partial charge in [0, 0.05) is 0 Å². The van der Waals surface area contributed by atoms with E-state index >= 15 is 4.39 Å². The van der Waals surface area contributed by atoms with Gasteiger partial charge in [0.15, 0.2) is 6.04 Å². The van der Waals surface area contributed by atoms with E-state index in [0.717, 1.165) is 18.9 Å². The van der Waals surface area contributed by atoms with Crippen LogP contribution in [0.2, 0.25) is 5.15 Å². The first-order valence-corrected chi connectivity index (χ1v) is 19.6. The maximum absolute atomic E-state index is 16.1. The van der Waals surface area contributed by atoms with E-state index in [1.807, 2.05) is 6.92 Å². The van der Waals surface area contributed by atoms with Gasteiger partial charge in [-0.25, -0.2) is 23.8 Å². The van der Waals surface area contributed by atoms with Gasteiger partial charge in [-0.1, -0.05) is 37.6 Å². The number of hydrogen-bond acceptors (Lipinski definition) is 11. The highest BCUT2D eigenvalue weighted by Gasteiger charge is 2.68. The molecule has 6 rings (SSSR count). The van der Waals surface area contributed by atoms with E-state index in [9.17, 15) is 19.2 Å². The highest BCUT2D eigenvalue weighted by molar-refractivity contribution is 6.48. The molecule has 1 aliphatic heterocycles. The molecule has 2 N–H and O–H groups in total. The molecule has 3 aliphatic carbocycles. The number of esters is 2. The molecule has 1 aromatic heterocycles. The Labute approximate surface area is 339 Å². The number of nitrogens with one attached hydrogen (secondary N) is 2. The van der Waals surface area contributed by atoms with Gasteiger partial charge in [-0.15, -0.1) is 0 Å². The molecule has 0 spiro atoms. The standard InChI is InChI=1S/C41H56BClFN3O10/c1-37(2,3)53-34(49)23-16-14-15-21(31(23)52-13)17-28(42-56-27-19-22-18-26(40(22,10)11)41(27,12)57-42)45-33(48)30(47-36(51)55-39(7,8)9)29-25(44)20-24(32(43)46-29)35(50)54-38(4,5)6/h14-16,20,22,26-28,30H,17-19H2,1-13H3,(H,45,48)(H,47,51)/t22-,26-,27+,28?,30?,41-/m0/s1. The summed E-state index contributed by atoms with van der Waals surface area (Å²) in [4.78, 5) is 58.1. The Morgan fingerprint density at radius 2 is 1.53 bits per heavy atom. The number of rotatable bonds is 10. The largest absolute Gasteiger partial charge is 0.496 e. The number of carbonyl (C=O) groups is 4. The number of aromatic nitrogens is 1. The molecule has 2 aromatic rings. The molecule has 3 saturated carbocycles. The molecule has 312 valence electrons. The third-order valence-electron chi connectivity index (χ3n) is 10.8. The summed E-state index contributed by atoms with van der Waals surface area (Å²) in [5.41, 5.74) is -3.64. The zero-order chi connectivity index (χ0) is 42.6. The minimum Gasteiger partial charge on any atom is -0.496 e. The SMILES string of the molecule is COc1c(CC(NC(=O)C(NC(=O)OC(C)(C)C)c2nc(Cl)c(C(=O)OC(C)(C)C)cc2F)B2O[C@@H]3C[C@@H]4C[C@@H](C4(C)C)[C@]3(C)O2)cccc1C(=O)OC(C)(C)C. The first-order valence-electron chi connectivity index (χ1n) is 19.2. The maximum Gasteiger partial charge on any atom is 0.482 e. The van der Waals surface area contributed by atoms with E-state index < -0.39 is 82.1 Å². The Hall–Kier alpha value is -3.95. The number of benzene rings is 1. The summed E-state index contributed by atoms with van der Waals surface area (Å²) >= 11 is 6.43. The Bertz CT molecular complexity index is 1910. The van der Waals surface area contributed by atoms with E-state index in [1.165, 1.54) is 7.11 Å². The lowest BCUT2D eigenvalue weighted by Gasteiger charge is -2.64. The predicted octanol–water partition coefficient (Wildman–Crippen LogP) is 7.35. The summed E-state index contributed by atoms with van der Waals surface area (Å²) in [6.45, 7) is 21.5. The van der Waals surface area contributed by atoms with Crippen LogP contribution in [0.5, 0.6) is 5.75 Å². The van der Waals surface area contributed by atoms with E-state index in [0.29, 0.717) is 11.5 Å². The monoisotopic (exact) mass is 815 g/mol. The fraction of sp³-hybridized carbons (Fsp3) is 0.634. The van der Waals surface area contributed by atoms with Crippen LogP contribution in [0.25, 0.3) is 0 Å². The van der Waals surface area contributed by atoms with E-state index in [4.69, 9.17) is 39.9 Å². The first kappa shape index (κ1) is 44.2. The van der Waals surface area contributed by atoms with Crippen LogP contribution in [0.3, 0.4) is 0 Å². The van der Waals surface area contributed by atoms with Crippen molar-refractivity contribution in [2.75, 3.05) is 7.11 Å². The summed E-state index contributed by atoms with van der Waals surface area (Å²) in [6.07, 6.45) is 0.418. The van der Waals surface area contributed by atoms with E-state index in [1.54, 1.807) is 80.5 Å². The van der Waals surface area contributed by atoms with Crippen LogP contribution in [-0.4, -0.2) is 77.6 Å². The zero-order valence-corrected chi connectivity index (χ0v) is 35.9. The van der Waals surface area contributed by atoms with Crippen molar-refractivity contribution in [1.82, 2.24) is 15.6 Å². The first-order chi connectivity index (χ1) is 26.1. The topological polar surface area (TPSA) is 161 Å². The van der Waals surface area contributed by atoms with Crippen LogP contribution in [0, 0.1) is 23.1 Å². The van der Waals surface area contributed by atoms with E-state index in [2.05, 4.69) is 29.5 Å². The number of hydrogen-bond donors (Lipinski definition) is 2. The molecule has 2 bridgehead atoms. The van der Waals surface area contributed by atoms with Crippen LogP contribution in [-0.2, 0) is 34.7 Å². The van der Waals surface area contributed by atoms with Gasteiger partial charge < -0.3 is 38.9 Å². The van der Waals surface area contributed by atoms with Gasteiger partial charge in [-0.3, -0.25) is 4.79 Å². The van der Waals surface area contributed by atoms with Crippen molar-refractivity contribution in [1.29, 1.82) is 0 Å². The van der Waals surface area contributed by atoms with E-state index in [-0.39, 0.29) is 40.7 Å². The van der Waals surface area contributed by atoms with Crippen LogP contribution >= 0.6 is 11.6 Å². The number of ether oxygens (including phenoxy) is 4. The molecule has 6 atom stereocenters.